The minimum Gasteiger partial charge on any atom is -0.307 e. The molecule has 1 aliphatic heterocycles. The Morgan fingerprint density at radius 3 is 2.23 bits per heavy atom. The Labute approximate surface area is 134 Å². The van der Waals surface area contributed by atoms with E-state index in [1.807, 2.05) is 37.3 Å². The highest BCUT2D eigenvalue weighted by atomic mass is 16.1. The third-order valence-corrected chi connectivity index (χ3v) is 4.08. The van der Waals surface area contributed by atoms with Gasteiger partial charge in [0.05, 0.1) is 6.04 Å². The molecule has 1 aromatic carbocycles. The Kier molecular flexibility index (Phi) is 4.86. The van der Waals surface area contributed by atoms with Crippen LogP contribution in [-0.4, -0.2) is 28.6 Å². The summed E-state index contributed by atoms with van der Waals surface area (Å²) in [7, 11) is 0. The summed E-state index contributed by atoms with van der Waals surface area (Å²) in [6.45, 7) is 10.9. The lowest BCUT2D eigenvalue weighted by Crippen LogP contribution is -2.58. The number of carbonyl (C=O) groups excluding carboxylic acids is 1. The predicted molar refractivity (Wildman–Crippen MR) is 92.8 cm³/mol. The summed E-state index contributed by atoms with van der Waals surface area (Å²) in [5.41, 5.74) is 1.87. The van der Waals surface area contributed by atoms with Gasteiger partial charge in [-0.15, -0.1) is 0 Å². The van der Waals surface area contributed by atoms with E-state index in [0.717, 1.165) is 24.1 Å². The van der Waals surface area contributed by atoms with Crippen LogP contribution in [0.4, 0.5) is 0 Å². The topological polar surface area (TPSA) is 41.5 Å². The number of hydrogen-bond donors (Lipinski definition) is 1. The SMILES string of the molecule is CC(CC(=O)c1ccccc1)=NC1CC(C)(C)NC(C)(C)C1. The fraction of sp³-hybridized carbons (Fsp3) is 0.579. The zero-order valence-electron chi connectivity index (χ0n) is 14.4. The number of benzene rings is 1. The molecular formula is C19H28N2O. The van der Waals surface area contributed by atoms with E-state index < -0.39 is 0 Å². The quantitative estimate of drug-likeness (QED) is 0.674. The number of nitrogens with zero attached hydrogens (tertiary/aromatic N) is 1. The van der Waals surface area contributed by atoms with Crippen molar-refractivity contribution in [2.75, 3.05) is 0 Å². The van der Waals surface area contributed by atoms with Gasteiger partial charge in [0.15, 0.2) is 5.78 Å². The molecule has 0 bridgehead atoms. The molecular weight excluding hydrogens is 272 g/mol. The number of hydrogen-bond acceptors (Lipinski definition) is 3. The van der Waals surface area contributed by atoms with Crippen molar-refractivity contribution in [3.05, 3.63) is 35.9 Å². The molecule has 1 saturated heterocycles. The van der Waals surface area contributed by atoms with E-state index in [1.165, 1.54) is 0 Å². The van der Waals surface area contributed by atoms with Crippen LogP contribution in [0.25, 0.3) is 0 Å². The average molecular weight is 300 g/mol. The van der Waals surface area contributed by atoms with Crippen LogP contribution in [-0.2, 0) is 0 Å². The molecule has 120 valence electrons. The summed E-state index contributed by atoms with van der Waals surface area (Å²) < 4.78 is 0. The Bertz CT molecular complexity index is 542. The van der Waals surface area contributed by atoms with Gasteiger partial charge in [0.25, 0.3) is 0 Å². The minimum absolute atomic E-state index is 0.0830. The molecule has 1 aromatic rings. The van der Waals surface area contributed by atoms with Crippen LogP contribution in [0.5, 0.6) is 0 Å². The summed E-state index contributed by atoms with van der Waals surface area (Å²) in [4.78, 5) is 17.1. The van der Waals surface area contributed by atoms with Crippen molar-refractivity contribution in [1.82, 2.24) is 5.32 Å². The first-order chi connectivity index (χ1) is 10.2. The smallest absolute Gasteiger partial charge is 0.168 e. The molecule has 0 atom stereocenters. The van der Waals surface area contributed by atoms with Crippen LogP contribution in [0.1, 0.15) is 64.2 Å². The van der Waals surface area contributed by atoms with Gasteiger partial charge in [0.1, 0.15) is 0 Å². The molecule has 0 saturated carbocycles. The first kappa shape index (κ1) is 16.9. The second kappa shape index (κ2) is 6.33. The second-order valence-corrected chi connectivity index (χ2v) is 7.79. The molecule has 1 heterocycles. The van der Waals surface area contributed by atoms with Crippen molar-refractivity contribution >= 4 is 11.5 Å². The third-order valence-electron chi connectivity index (χ3n) is 4.08. The number of aliphatic imine (C=N–C) groups is 1. The highest BCUT2D eigenvalue weighted by Gasteiger charge is 2.37. The monoisotopic (exact) mass is 300 g/mol. The molecule has 0 aromatic heterocycles. The first-order valence-corrected chi connectivity index (χ1v) is 8.08. The standard InChI is InChI=1S/C19H28N2O/c1-14(11-17(22)15-9-7-6-8-10-15)20-16-12-18(2,3)21-19(4,5)13-16/h6-10,16,21H,11-13H2,1-5H3. The van der Waals surface area contributed by atoms with Crippen molar-refractivity contribution in [1.29, 1.82) is 0 Å². The van der Waals surface area contributed by atoms with Gasteiger partial charge in [-0.2, -0.15) is 0 Å². The van der Waals surface area contributed by atoms with Crippen LogP contribution in [0, 0.1) is 0 Å². The van der Waals surface area contributed by atoms with Crippen molar-refractivity contribution in [2.45, 2.75) is 71.0 Å². The molecule has 0 aliphatic carbocycles. The second-order valence-electron chi connectivity index (χ2n) is 7.79. The van der Waals surface area contributed by atoms with E-state index in [-0.39, 0.29) is 22.9 Å². The lowest BCUT2D eigenvalue weighted by molar-refractivity contribution is 0.100. The Balaban J connectivity index is 2.04. The lowest BCUT2D eigenvalue weighted by atomic mass is 9.80. The van der Waals surface area contributed by atoms with Gasteiger partial charge in [0.2, 0.25) is 0 Å². The molecule has 3 nitrogen and oxygen atoms in total. The Hall–Kier alpha value is -1.48. The Morgan fingerprint density at radius 2 is 1.68 bits per heavy atom. The largest absolute Gasteiger partial charge is 0.307 e. The molecule has 3 heteroatoms. The maximum Gasteiger partial charge on any atom is 0.168 e. The third kappa shape index (κ3) is 4.77. The van der Waals surface area contributed by atoms with Gasteiger partial charge in [0, 0.05) is 28.8 Å². The van der Waals surface area contributed by atoms with Crippen LogP contribution < -0.4 is 5.32 Å². The summed E-state index contributed by atoms with van der Waals surface area (Å²) >= 11 is 0. The number of piperidine rings is 1. The van der Waals surface area contributed by atoms with Crippen LogP contribution >= 0.6 is 0 Å². The predicted octanol–water partition coefficient (Wildman–Crippen LogP) is 4.03. The molecule has 1 fully saturated rings. The van der Waals surface area contributed by atoms with Crippen molar-refractivity contribution in [3.8, 4) is 0 Å². The van der Waals surface area contributed by atoms with Crippen LogP contribution in [0.3, 0.4) is 0 Å². The molecule has 0 spiro atoms. The maximum atomic E-state index is 12.3. The van der Waals surface area contributed by atoms with Gasteiger partial charge in [-0.25, -0.2) is 0 Å². The normalized spacial score (nSPS) is 21.6. The molecule has 2 rings (SSSR count). The number of Topliss-reactive ketones (excluding diaryl/α,β-unsaturated/α-hetero) is 1. The van der Waals surface area contributed by atoms with Gasteiger partial charge < -0.3 is 5.32 Å². The van der Waals surface area contributed by atoms with E-state index in [4.69, 9.17) is 4.99 Å². The van der Waals surface area contributed by atoms with Gasteiger partial charge in [-0.3, -0.25) is 9.79 Å². The number of carbonyl (C=O) groups is 1. The van der Waals surface area contributed by atoms with E-state index in [0.29, 0.717) is 6.42 Å². The van der Waals surface area contributed by atoms with Crippen molar-refractivity contribution in [2.24, 2.45) is 4.99 Å². The molecule has 0 unspecified atom stereocenters. The molecule has 22 heavy (non-hydrogen) atoms. The van der Waals surface area contributed by atoms with E-state index in [9.17, 15) is 4.79 Å². The summed E-state index contributed by atoms with van der Waals surface area (Å²) in [5.74, 6) is 0.148. The summed E-state index contributed by atoms with van der Waals surface area (Å²) in [5, 5.41) is 3.67. The van der Waals surface area contributed by atoms with Crippen LogP contribution in [0.2, 0.25) is 0 Å². The minimum atomic E-state index is 0.0830. The summed E-state index contributed by atoms with van der Waals surface area (Å²) in [6, 6.07) is 9.75. The molecule has 0 amide bonds. The zero-order valence-corrected chi connectivity index (χ0v) is 14.4. The van der Waals surface area contributed by atoms with Gasteiger partial charge in [-0.05, 0) is 47.5 Å². The average Bonchev–Trinajstić information content (AvgIpc) is 2.35. The van der Waals surface area contributed by atoms with Crippen LogP contribution in [0.15, 0.2) is 35.3 Å². The Morgan fingerprint density at radius 1 is 1.14 bits per heavy atom. The highest BCUT2D eigenvalue weighted by molar-refractivity contribution is 6.09. The lowest BCUT2D eigenvalue weighted by Gasteiger charge is -2.45. The molecule has 1 aliphatic rings. The number of rotatable bonds is 4. The van der Waals surface area contributed by atoms with E-state index in [1.54, 1.807) is 0 Å². The number of nitrogens with one attached hydrogen (secondary N) is 1. The fourth-order valence-electron chi connectivity index (χ4n) is 3.68. The van der Waals surface area contributed by atoms with Gasteiger partial charge >= 0.3 is 0 Å². The summed E-state index contributed by atoms with van der Waals surface area (Å²) in [6.07, 6.45) is 2.43. The molecule has 0 radical (unpaired) electrons. The molecule has 1 N–H and O–H groups in total. The van der Waals surface area contributed by atoms with Gasteiger partial charge in [-0.1, -0.05) is 30.3 Å². The fourth-order valence-corrected chi connectivity index (χ4v) is 3.68. The first-order valence-electron chi connectivity index (χ1n) is 8.08. The maximum absolute atomic E-state index is 12.3. The zero-order chi connectivity index (χ0) is 16.4. The number of ketones is 1. The van der Waals surface area contributed by atoms with E-state index >= 15 is 0 Å². The highest BCUT2D eigenvalue weighted by Crippen LogP contribution is 2.30. The van der Waals surface area contributed by atoms with E-state index in [2.05, 4.69) is 33.0 Å². The van der Waals surface area contributed by atoms with Crippen molar-refractivity contribution in [3.63, 3.8) is 0 Å². The van der Waals surface area contributed by atoms with Crippen molar-refractivity contribution < 1.29 is 4.79 Å².